The summed E-state index contributed by atoms with van der Waals surface area (Å²) in [6, 6.07) is 2.61. The quantitative estimate of drug-likeness (QED) is 0.514. The Hall–Kier alpha value is -1.20. The van der Waals surface area contributed by atoms with E-state index in [1.165, 1.54) is 12.1 Å². The Morgan fingerprint density at radius 1 is 1.43 bits per heavy atom. The molecule has 0 saturated heterocycles. The van der Waals surface area contributed by atoms with E-state index < -0.39 is 4.92 Å². The molecule has 0 spiro atoms. The van der Waals surface area contributed by atoms with Crippen LogP contribution in [-0.4, -0.2) is 4.92 Å². The summed E-state index contributed by atoms with van der Waals surface area (Å²) in [5.74, 6) is 0. The fraction of sp³-hybridized carbons (Fsp3) is 0. The standard InChI is InChI=1S/C6H3Br2N4O2/c7-4-1-3(12(13)14)2-5(8)6(4)10-11-9/h1-2,10H/q+1. The zero-order valence-electron chi connectivity index (χ0n) is 6.57. The lowest BCUT2D eigenvalue weighted by atomic mass is 10.3. The van der Waals surface area contributed by atoms with Crippen LogP contribution in [0.5, 0.6) is 0 Å². The van der Waals surface area contributed by atoms with Crippen LogP contribution in [0.3, 0.4) is 0 Å². The third-order valence-corrected chi connectivity index (χ3v) is 2.65. The third kappa shape index (κ3) is 2.18. The maximum atomic E-state index is 10.4. The van der Waals surface area contributed by atoms with Gasteiger partial charge < -0.3 is 0 Å². The van der Waals surface area contributed by atoms with Crippen LogP contribution in [0.2, 0.25) is 0 Å². The second kappa shape index (κ2) is 4.34. The number of halogens is 2. The third-order valence-electron chi connectivity index (χ3n) is 1.40. The molecule has 0 bridgehead atoms. The van der Waals surface area contributed by atoms with Crippen molar-refractivity contribution in [1.29, 1.82) is 5.39 Å². The Morgan fingerprint density at radius 2 is 1.93 bits per heavy atom. The molecule has 0 aliphatic rings. The number of benzene rings is 1. The van der Waals surface area contributed by atoms with Gasteiger partial charge in [-0.1, -0.05) is 0 Å². The monoisotopic (exact) mass is 321 g/mol. The fourth-order valence-electron chi connectivity index (χ4n) is 0.822. The minimum atomic E-state index is -0.518. The second-order valence-corrected chi connectivity index (χ2v) is 3.96. The Balaban J connectivity index is 3.26. The first-order chi connectivity index (χ1) is 6.56. The van der Waals surface area contributed by atoms with Crippen LogP contribution >= 0.6 is 31.9 Å². The van der Waals surface area contributed by atoms with Crippen LogP contribution in [-0.2, 0) is 0 Å². The van der Waals surface area contributed by atoms with Crippen LogP contribution < -0.4 is 5.43 Å². The first kappa shape index (κ1) is 10.9. The fourth-order valence-corrected chi connectivity index (χ4v) is 2.16. The highest BCUT2D eigenvalue weighted by Gasteiger charge is 2.16. The molecule has 0 unspecified atom stereocenters. The number of diazo groups is 1. The molecule has 1 rings (SSSR count). The summed E-state index contributed by atoms with van der Waals surface area (Å²) < 4.78 is 0.854. The zero-order chi connectivity index (χ0) is 10.7. The number of nitrogens with zero attached hydrogens (tertiary/aromatic N) is 3. The maximum Gasteiger partial charge on any atom is 0.308 e. The normalized spacial score (nSPS) is 9.21. The van der Waals surface area contributed by atoms with Crippen molar-refractivity contribution >= 4 is 43.2 Å². The molecule has 1 N–H and O–H groups in total. The molecule has 0 aromatic heterocycles. The number of nitrogens with one attached hydrogen (secondary N) is 1. The summed E-state index contributed by atoms with van der Waals surface area (Å²) >= 11 is 6.20. The van der Waals surface area contributed by atoms with E-state index in [0.717, 1.165) is 0 Å². The predicted molar refractivity (Wildman–Crippen MR) is 57.2 cm³/mol. The van der Waals surface area contributed by atoms with E-state index in [2.05, 4.69) is 42.4 Å². The number of rotatable bonds is 2. The van der Waals surface area contributed by atoms with Crippen LogP contribution in [0.4, 0.5) is 11.4 Å². The van der Waals surface area contributed by atoms with Gasteiger partial charge in [-0.15, -0.1) is 0 Å². The van der Waals surface area contributed by atoms with Crippen molar-refractivity contribution in [3.05, 3.63) is 36.3 Å². The number of hydrogen-bond acceptors (Lipinski definition) is 4. The van der Waals surface area contributed by atoms with Crippen molar-refractivity contribution in [3.63, 3.8) is 0 Å². The first-order valence-corrected chi connectivity index (χ1v) is 4.88. The van der Waals surface area contributed by atoms with Gasteiger partial charge in [0, 0.05) is 12.1 Å². The van der Waals surface area contributed by atoms with Crippen molar-refractivity contribution in [1.82, 2.24) is 0 Å². The van der Waals surface area contributed by atoms with Crippen LogP contribution in [0.1, 0.15) is 0 Å². The van der Waals surface area contributed by atoms with Crippen LogP contribution in [0, 0.1) is 15.5 Å². The second-order valence-electron chi connectivity index (χ2n) is 2.25. The molecule has 1 aromatic carbocycles. The number of anilines is 1. The summed E-state index contributed by atoms with van der Waals surface area (Å²) in [5, 5.41) is 21.5. The molecule has 0 amide bonds. The van der Waals surface area contributed by atoms with Gasteiger partial charge in [-0.25, -0.2) is 0 Å². The van der Waals surface area contributed by atoms with E-state index in [0.29, 0.717) is 14.6 Å². The molecule has 0 radical (unpaired) electrons. The predicted octanol–water partition coefficient (Wildman–Crippen LogP) is 3.30. The largest absolute Gasteiger partial charge is 0.308 e. The van der Waals surface area contributed by atoms with E-state index in [1.807, 2.05) is 0 Å². The van der Waals surface area contributed by atoms with Crippen LogP contribution in [0.15, 0.2) is 21.1 Å². The van der Waals surface area contributed by atoms with Gasteiger partial charge in [-0.3, -0.25) is 10.1 Å². The summed E-state index contributed by atoms with van der Waals surface area (Å²) in [4.78, 5) is 9.93. The van der Waals surface area contributed by atoms with Crippen molar-refractivity contribution in [2.24, 2.45) is 0 Å². The van der Waals surface area contributed by atoms with Gasteiger partial charge in [-0.2, -0.15) is 0 Å². The molecule has 72 valence electrons. The Morgan fingerprint density at radius 3 is 2.29 bits per heavy atom. The van der Waals surface area contributed by atoms with Gasteiger partial charge in [0.25, 0.3) is 11.1 Å². The van der Waals surface area contributed by atoms with E-state index in [-0.39, 0.29) is 5.69 Å². The summed E-state index contributed by atoms with van der Waals surface area (Å²) in [6.45, 7) is 0. The molecule has 14 heavy (non-hydrogen) atoms. The molecular weight excluding hydrogens is 320 g/mol. The molecule has 0 aliphatic carbocycles. The Kier molecular flexibility index (Phi) is 3.38. The maximum absolute atomic E-state index is 10.4. The van der Waals surface area contributed by atoms with E-state index in [4.69, 9.17) is 5.39 Å². The van der Waals surface area contributed by atoms with Gasteiger partial charge in [0.2, 0.25) is 0 Å². The molecule has 0 fully saturated rings. The number of non-ortho nitro benzene ring substituents is 1. The summed E-state index contributed by atoms with van der Waals surface area (Å²) in [6.07, 6.45) is 0. The lowest BCUT2D eigenvalue weighted by molar-refractivity contribution is -0.385. The molecular formula is C6H3Br2N4O2+. The highest BCUT2D eigenvalue weighted by Crippen LogP contribution is 2.35. The summed E-state index contributed by atoms with van der Waals surface area (Å²) in [5.41, 5.74) is 2.63. The highest BCUT2D eigenvalue weighted by molar-refractivity contribution is 9.11. The molecule has 1 aromatic rings. The number of nitro benzene ring substituents is 1. The smallest absolute Gasteiger partial charge is 0.258 e. The first-order valence-electron chi connectivity index (χ1n) is 3.30. The van der Waals surface area contributed by atoms with E-state index >= 15 is 0 Å². The Bertz CT molecular complexity index is 405. The van der Waals surface area contributed by atoms with Gasteiger partial charge in [0.05, 0.1) is 13.9 Å². The SMILES string of the molecule is N#[N+]Nc1c(Br)cc([N+](=O)[O-])cc1Br. The number of hydrogen-bond donors (Lipinski definition) is 1. The summed E-state index contributed by atoms with van der Waals surface area (Å²) in [7, 11) is 0. The van der Waals surface area contributed by atoms with Crippen LogP contribution in [0.25, 0.3) is 5.08 Å². The van der Waals surface area contributed by atoms with Gasteiger partial charge in [0.15, 0.2) is 0 Å². The molecule has 0 aliphatic heterocycles. The van der Waals surface area contributed by atoms with Crippen molar-refractivity contribution in [3.8, 4) is 0 Å². The molecule has 6 nitrogen and oxygen atoms in total. The minimum Gasteiger partial charge on any atom is -0.258 e. The topological polar surface area (TPSA) is 83.3 Å². The van der Waals surface area contributed by atoms with Crippen molar-refractivity contribution in [2.45, 2.75) is 0 Å². The van der Waals surface area contributed by atoms with Gasteiger partial charge in [0.1, 0.15) is 5.69 Å². The van der Waals surface area contributed by atoms with Gasteiger partial charge >= 0.3 is 5.08 Å². The highest BCUT2D eigenvalue weighted by atomic mass is 79.9. The van der Waals surface area contributed by atoms with E-state index in [9.17, 15) is 10.1 Å². The van der Waals surface area contributed by atoms with Gasteiger partial charge in [-0.05, 0) is 37.3 Å². The molecule has 8 heteroatoms. The van der Waals surface area contributed by atoms with E-state index in [1.54, 1.807) is 0 Å². The average Bonchev–Trinajstić information content (AvgIpc) is 2.10. The number of nitro groups is 1. The lowest BCUT2D eigenvalue weighted by Gasteiger charge is -1.99. The van der Waals surface area contributed by atoms with Crippen molar-refractivity contribution < 1.29 is 4.92 Å². The molecule has 0 heterocycles. The van der Waals surface area contributed by atoms with Crippen molar-refractivity contribution in [2.75, 3.05) is 5.43 Å². The lowest BCUT2D eigenvalue weighted by Crippen LogP contribution is -1.92. The molecule has 0 saturated carbocycles. The Labute approximate surface area is 95.3 Å². The zero-order valence-corrected chi connectivity index (χ0v) is 9.74. The minimum absolute atomic E-state index is 0.0627. The molecule has 0 atom stereocenters. The average molecular weight is 323 g/mol.